The number of aliphatic hydroxyl groups excluding tert-OH is 1. The van der Waals surface area contributed by atoms with E-state index in [0.29, 0.717) is 0 Å². The second-order valence-electron chi connectivity index (χ2n) is 3.83. The lowest BCUT2D eigenvalue weighted by molar-refractivity contribution is -0.401. The molecule has 0 amide bonds. The van der Waals surface area contributed by atoms with Crippen LogP contribution in [0.25, 0.3) is 0 Å². The zero-order chi connectivity index (χ0) is 17.5. The van der Waals surface area contributed by atoms with E-state index in [-0.39, 0.29) is 0 Å². The number of aliphatic hydroxyl groups is 1. The van der Waals surface area contributed by atoms with Crippen LogP contribution in [0.5, 0.6) is 0 Å². The number of hydrogen-bond acceptors (Lipinski definition) is 2. The van der Waals surface area contributed by atoms with E-state index in [1.807, 2.05) is 0 Å². The smallest absolute Gasteiger partial charge is 0.454 e. The van der Waals surface area contributed by atoms with Crippen LogP contribution in [0.1, 0.15) is 6.42 Å². The minimum atomic E-state index is -7.02. The summed E-state index contributed by atoms with van der Waals surface area (Å²) in [6, 6.07) is 0. The number of rotatable bonds is 5. The quantitative estimate of drug-likeness (QED) is 0.757. The molecule has 0 saturated carbocycles. The molecule has 0 rings (SSSR count). The van der Waals surface area contributed by atoms with Gasteiger partial charge in [0.15, 0.2) is 0 Å². The van der Waals surface area contributed by atoms with Crippen LogP contribution in [0, 0.1) is 5.41 Å². The zero-order valence-electron chi connectivity index (χ0n) is 9.50. The molecule has 0 aromatic rings. The van der Waals surface area contributed by atoms with Crippen LogP contribution in [0.4, 0.5) is 43.9 Å². The molecule has 0 unspecified atom stereocenters. The van der Waals surface area contributed by atoms with Gasteiger partial charge in [0.25, 0.3) is 0 Å². The highest BCUT2D eigenvalue weighted by molar-refractivity contribution is 5.78. The number of alkyl halides is 10. The highest BCUT2D eigenvalue weighted by atomic mass is 19.4. The summed E-state index contributed by atoms with van der Waals surface area (Å²) in [4.78, 5) is 10.5. The first kappa shape index (κ1) is 19.7. The van der Waals surface area contributed by atoms with Crippen molar-refractivity contribution in [3.05, 3.63) is 0 Å². The van der Waals surface area contributed by atoms with Gasteiger partial charge in [0.05, 0.1) is 0 Å². The van der Waals surface area contributed by atoms with Crippen LogP contribution in [-0.4, -0.2) is 47.0 Å². The van der Waals surface area contributed by atoms with Gasteiger partial charge in [0.1, 0.15) is 0 Å². The van der Waals surface area contributed by atoms with Gasteiger partial charge in [-0.25, -0.2) is 0 Å². The van der Waals surface area contributed by atoms with E-state index < -0.39 is 48.6 Å². The summed E-state index contributed by atoms with van der Waals surface area (Å²) in [7, 11) is 0. The van der Waals surface area contributed by atoms with E-state index in [1.165, 1.54) is 0 Å². The Morgan fingerprint density at radius 3 is 1.19 bits per heavy atom. The second-order valence-corrected chi connectivity index (χ2v) is 3.83. The normalized spacial score (nSPS) is 15.2. The number of hydrogen-bond donors (Lipinski definition) is 2. The molecule has 2 N–H and O–H groups in total. The molecule has 0 aromatic carbocycles. The van der Waals surface area contributed by atoms with Crippen LogP contribution in [0.2, 0.25) is 0 Å². The number of halogens is 10. The molecule has 0 heterocycles. The van der Waals surface area contributed by atoms with E-state index in [4.69, 9.17) is 10.2 Å². The van der Waals surface area contributed by atoms with Gasteiger partial charge in [-0.2, -0.15) is 43.9 Å². The lowest BCUT2D eigenvalue weighted by Gasteiger charge is -2.42. The van der Waals surface area contributed by atoms with Gasteiger partial charge in [-0.1, -0.05) is 0 Å². The third-order valence-corrected chi connectivity index (χ3v) is 2.64. The van der Waals surface area contributed by atoms with Crippen molar-refractivity contribution in [2.75, 3.05) is 6.61 Å². The van der Waals surface area contributed by atoms with Gasteiger partial charge >= 0.3 is 30.2 Å². The van der Waals surface area contributed by atoms with Crippen LogP contribution in [0.15, 0.2) is 0 Å². The largest absolute Gasteiger partial charge is 0.480 e. The van der Waals surface area contributed by atoms with Crippen molar-refractivity contribution >= 4 is 5.97 Å². The third kappa shape index (κ3) is 2.62. The molecule has 126 valence electrons. The fraction of sp³-hybridized carbons (Fsp3) is 0.875. The Kier molecular flexibility index (Phi) is 4.86. The first-order valence-electron chi connectivity index (χ1n) is 4.74. The fourth-order valence-electron chi connectivity index (χ4n) is 1.54. The van der Waals surface area contributed by atoms with Crippen LogP contribution < -0.4 is 0 Å². The third-order valence-electron chi connectivity index (χ3n) is 2.64. The van der Waals surface area contributed by atoms with Crippen molar-refractivity contribution in [1.29, 1.82) is 0 Å². The zero-order valence-corrected chi connectivity index (χ0v) is 9.50. The molecule has 0 aliphatic heterocycles. The molecular formula is C8H6F10O3. The molecule has 13 heteroatoms. The van der Waals surface area contributed by atoms with Gasteiger partial charge in [-0.3, -0.25) is 4.79 Å². The molecule has 0 spiro atoms. The Morgan fingerprint density at radius 2 is 1.05 bits per heavy atom. The molecule has 0 atom stereocenters. The molecule has 0 saturated heterocycles. The maximum Gasteiger partial charge on any atom is 0.454 e. The molecule has 0 aliphatic rings. The van der Waals surface area contributed by atoms with Gasteiger partial charge in [-0.05, 0) is 6.42 Å². The molecule has 0 fully saturated rings. The summed E-state index contributed by atoms with van der Waals surface area (Å²) in [5.74, 6) is -17.7. The Labute approximate surface area is 109 Å². The molecule has 0 aliphatic carbocycles. The average Bonchev–Trinajstić information content (AvgIpc) is 2.21. The average molecular weight is 340 g/mol. The molecule has 3 nitrogen and oxygen atoms in total. The van der Waals surface area contributed by atoms with Gasteiger partial charge < -0.3 is 10.2 Å². The predicted octanol–water partition coefficient (Wildman–Crippen LogP) is 2.84. The molecular weight excluding hydrogens is 334 g/mol. The maximum absolute atomic E-state index is 13.1. The first-order chi connectivity index (χ1) is 9.00. The highest BCUT2D eigenvalue weighted by Crippen LogP contribution is 2.61. The van der Waals surface area contributed by atoms with Gasteiger partial charge in [-0.15, -0.1) is 0 Å². The topological polar surface area (TPSA) is 57.5 Å². The van der Waals surface area contributed by atoms with Crippen LogP contribution in [-0.2, 0) is 4.79 Å². The minimum Gasteiger partial charge on any atom is -0.480 e. The molecule has 0 aromatic heterocycles. The van der Waals surface area contributed by atoms with Gasteiger partial charge in [0, 0.05) is 6.61 Å². The standard InChI is InChI=1S/C8H6F10O3/c9-5(10,7(13,14)15)4(1-2-19,3(20)21)6(11,12)8(16,17)18/h19H,1-2H2,(H,20,21). The Balaban J connectivity index is 6.62. The van der Waals surface area contributed by atoms with Crippen molar-refractivity contribution < 1.29 is 58.9 Å². The SMILES string of the molecule is O=C(O)C(CCO)(C(F)(F)C(F)(F)F)C(F)(F)C(F)(F)F. The predicted molar refractivity (Wildman–Crippen MR) is 43.8 cm³/mol. The van der Waals surface area contributed by atoms with Crippen molar-refractivity contribution in [1.82, 2.24) is 0 Å². The monoisotopic (exact) mass is 340 g/mol. The van der Waals surface area contributed by atoms with E-state index >= 15 is 0 Å². The lowest BCUT2D eigenvalue weighted by Crippen LogP contribution is -2.68. The van der Waals surface area contributed by atoms with E-state index in [9.17, 15) is 48.7 Å². The van der Waals surface area contributed by atoms with Crippen molar-refractivity contribution in [2.24, 2.45) is 5.41 Å². The number of aliphatic carboxylic acids is 1. The van der Waals surface area contributed by atoms with Crippen molar-refractivity contribution in [2.45, 2.75) is 30.6 Å². The van der Waals surface area contributed by atoms with Crippen molar-refractivity contribution in [3.8, 4) is 0 Å². The second kappa shape index (κ2) is 5.18. The summed E-state index contributed by atoms with van der Waals surface area (Å²) in [6.45, 7) is -2.08. The first-order valence-corrected chi connectivity index (χ1v) is 4.74. The lowest BCUT2D eigenvalue weighted by atomic mass is 9.71. The summed E-state index contributed by atoms with van der Waals surface area (Å²) in [5.41, 5.74) is -5.94. The van der Waals surface area contributed by atoms with Crippen LogP contribution in [0.3, 0.4) is 0 Å². The maximum atomic E-state index is 13.1. The van der Waals surface area contributed by atoms with Gasteiger partial charge in [0.2, 0.25) is 5.41 Å². The fourth-order valence-corrected chi connectivity index (χ4v) is 1.54. The van der Waals surface area contributed by atoms with Crippen molar-refractivity contribution in [3.63, 3.8) is 0 Å². The molecule has 21 heavy (non-hydrogen) atoms. The Morgan fingerprint density at radius 1 is 0.762 bits per heavy atom. The summed E-state index contributed by atoms with van der Waals surface area (Å²) in [6.07, 6.45) is -16.7. The van der Waals surface area contributed by atoms with E-state index in [0.717, 1.165) is 0 Å². The Bertz CT molecular complexity index is 370. The summed E-state index contributed by atoms with van der Waals surface area (Å²) in [5, 5.41) is 16.5. The number of carbonyl (C=O) groups is 1. The molecule has 0 bridgehead atoms. The van der Waals surface area contributed by atoms with E-state index in [1.54, 1.807) is 0 Å². The highest BCUT2D eigenvalue weighted by Gasteiger charge is 2.87. The van der Waals surface area contributed by atoms with Crippen LogP contribution >= 0.6 is 0 Å². The number of carboxylic acids is 1. The summed E-state index contributed by atoms with van der Waals surface area (Å²) < 4.78 is 125. The van der Waals surface area contributed by atoms with E-state index in [2.05, 4.69) is 0 Å². The summed E-state index contributed by atoms with van der Waals surface area (Å²) >= 11 is 0. The Hall–Kier alpha value is -1.27. The minimum absolute atomic E-state index is 2.08. The molecule has 0 radical (unpaired) electrons. The number of carboxylic acid groups (broad SMARTS) is 1.